The van der Waals surface area contributed by atoms with Crippen molar-refractivity contribution in [1.29, 1.82) is 0 Å². The lowest BCUT2D eigenvalue weighted by Gasteiger charge is -2.37. The highest BCUT2D eigenvalue weighted by molar-refractivity contribution is 9.10. The molecule has 1 aromatic carbocycles. The van der Waals surface area contributed by atoms with Crippen molar-refractivity contribution in [3.05, 3.63) is 28.2 Å². The molecule has 0 aliphatic carbocycles. The first-order chi connectivity index (χ1) is 10.0. The topological polar surface area (TPSA) is 30.5 Å². The minimum absolute atomic E-state index is 0.182. The van der Waals surface area contributed by atoms with Crippen molar-refractivity contribution in [3.8, 4) is 5.75 Å². The van der Waals surface area contributed by atoms with E-state index in [4.69, 9.17) is 9.47 Å². The van der Waals surface area contributed by atoms with E-state index in [0.717, 1.165) is 36.2 Å². The van der Waals surface area contributed by atoms with E-state index in [1.165, 1.54) is 5.56 Å². The van der Waals surface area contributed by atoms with E-state index in [0.29, 0.717) is 0 Å². The van der Waals surface area contributed by atoms with Gasteiger partial charge in [-0.2, -0.15) is 0 Å². The minimum Gasteiger partial charge on any atom is -0.496 e. The third-order valence-corrected chi connectivity index (χ3v) is 4.52. The highest BCUT2D eigenvalue weighted by Crippen LogP contribution is 2.29. The van der Waals surface area contributed by atoms with Crippen LogP contribution in [0, 0.1) is 0 Å². The average Bonchev–Trinajstić information content (AvgIpc) is 2.47. The molecule has 1 N–H and O–H groups in total. The van der Waals surface area contributed by atoms with E-state index in [1.54, 1.807) is 7.11 Å². The summed E-state index contributed by atoms with van der Waals surface area (Å²) in [5, 5.41) is 3.58. The molecule has 0 heterocycles. The summed E-state index contributed by atoms with van der Waals surface area (Å²) in [4.78, 5) is 0. The van der Waals surface area contributed by atoms with Gasteiger partial charge in [0.25, 0.3) is 0 Å². The van der Waals surface area contributed by atoms with Crippen LogP contribution >= 0.6 is 15.9 Å². The van der Waals surface area contributed by atoms with Crippen molar-refractivity contribution in [2.45, 2.75) is 52.2 Å². The van der Waals surface area contributed by atoms with Gasteiger partial charge >= 0.3 is 0 Å². The SMILES string of the molecule is CCNC(Cc1cc(Br)ccc1OC)C(C)(CC)OCC. The molecule has 4 heteroatoms. The first-order valence-electron chi connectivity index (χ1n) is 7.70. The maximum atomic E-state index is 6.05. The zero-order valence-electron chi connectivity index (χ0n) is 13.8. The normalized spacial score (nSPS) is 15.5. The lowest BCUT2D eigenvalue weighted by Crippen LogP contribution is -2.51. The van der Waals surface area contributed by atoms with Gasteiger partial charge in [0.05, 0.1) is 12.7 Å². The van der Waals surface area contributed by atoms with E-state index in [-0.39, 0.29) is 11.6 Å². The maximum absolute atomic E-state index is 6.05. The van der Waals surface area contributed by atoms with Crippen LogP contribution in [0.1, 0.15) is 39.7 Å². The highest BCUT2D eigenvalue weighted by Gasteiger charge is 2.33. The van der Waals surface area contributed by atoms with Crippen LogP contribution in [0.25, 0.3) is 0 Å². The van der Waals surface area contributed by atoms with Crippen molar-refractivity contribution in [1.82, 2.24) is 5.32 Å². The maximum Gasteiger partial charge on any atom is 0.122 e. The number of benzene rings is 1. The lowest BCUT2D eigenvalue weighted by atomic mass is 9.88. The number of likely N-dealkylation sites (N-methyl/N-ethyl adjacent to an activating group) is 1. The summed E-state index contributed by atoms with van der Waals surface area (Å²) < 4.78 is 12.6. The number of rotatable bonds is 9. The van der Waals surface area contributed by atoms with Crippen LogP contribution in [0.5, 0.6) is 5.75 Å². The number of halogens is 1. The quantitative estimate of drug-likeness (QED) is 0.718. The molecule has 0 fully saturated rings. The molecular formula is C17H28BrNO2. The van der Waals surface area contributed by atoms with Crippen molar-refractivity contribution in [3.63, 3.8) is 0 Å². The summed E-state index contributed by atoms with van der Waals surface area (Å²) in [7, 11) is 1.72. The van der Waals surface area contributed by atoms with Gasteiger partial charge in [0.2, 0.25) is 0 Å². The zero-order valence-corrected chi connectivity index (χ0v) is 15.4. The number of nitrogens with one attached hydrogen (secondary N) is 1. The molecule has 0 aromatic heterocycles. The van der Waals surface area contributed by atoms with Gasteiger partial charge in [-0.1, -0.05) is 29.8 Å². The van der Waals surface area contributed by atoms with Crippen LogP contribution in [-0.2, 0) is 11.2 Å². The Morgan fingerprint density at radius 3 is 2.52 bits per heavy atom. The fourth-order valence-corrected chi connectivity index (χ4v) is 3.06. The van der Waals surface area contributed by atoms with E-state index in [9.17, 15) is 0 Å². The largest absolute Gasteiger partial charge is 0.496 e. The lowest BCUT2D eigenvalue weighted by molar-refractivity contribution is -0.0547. The Kier molecular flexibility index (Phi) is 7.71. The Balaban J connectivity index is 3.04. The summed E-state index contributed by atoms with van der Waals surface area (Å²) in [5.41, 5.74) is 1.01. The van der Waals surface area contributed by atoms with E-state index >= 15 is 0 Å². The second kappa shape index (κ2) is 8.76. The Hall–Kier alpha value is -0.580. The van der Waals surface area contributed by atoms with Gasteiger partial charge in [0, 0.05) is 17.1 Å². The first-order valence-corrected chi connectivity index (χ1v) is 8.49. The number of methoxy groups -OCH3 is 1. The van der Waals surface area contributed by atoms with Crippen LogP contribution in [0.4, 0.5) is 0 Å². The van der Waals surface area contributed by atoms with Crippen LogP contribution < -0.4 is 10.1 Å². The van der Waals surface area contributed by atoms with E-state index < -0.39 is 0 Å². The monoisotopic (exact) mass is 357 g/mol. The number of hydrogen-bond acceptors (Lipinski definition) is 3. The van der Waals surface area contributed by atoms with Crippen molar-refractivity contribution in [2.24, 2.45) is 0 Å². The molecule has 21 heavy (non-hydrogen) atoms. The summed E-state index contributed by atoms with van der Waals surface area (Å²) in [6.07, 6.45) is 1.84. The molecule has 120 valence electrons. The van der Waals surface area contributed by atoms with Gasteiger partial charge in [-0.25, -0.2) is 0 Å². The molecule has 0 bridgehead atoms. The summed E-state index contributed by atoms with van der Waals surface area (Å²) >= 11 is 3.55. The smallest absolute Gasteiger partial charge is 0.122 e. The molecule has 0 aliphatic heterocycles. The Morgan fingerprint density at radius 2 is 2.00 bits per heavy atom. The standard InChI is InChI=1S/C17H28BrNO2/c1-6-17(4,21-8-3)16(19-7-2)12-13-11-14(18)9-10-15(13)20-5/h9-11,16,19H,6-8,12H2,1-5H3. The summed E-state index contributed by atoms with van der Waals surface area (Å²) in [6, 6.07) is 6.39. The molecule has 0 spiro atoms. The molecule has 0 saturated heterocycles. The number of ether oxygens (including phenoxy) is 2. The minimum atomic E-state index is -0.182. The zero-order chi connectivity index (χ0) is 15.9. The predicted molar refractivity (Wildman–Crippen MR) is 92.2 cm³/mol. The third kappa shape index (κ3) is 4.97. The Bertz CT molecular complexity index is 439. The molecule has 0 amide bonds. The molecular weight excluding hydrogens is 330 g/mol. The molecule has 2 atom stereocenters. The number of hydrogen-bond donors (Lipinski definition) is 1. The predicted octanol–water partition coefficient (Wildman–Crippen LogP) is 4.18. The van der Waals surface area contributed by atoms with Gasteiger partial charge in [-0.15, -0.1) is 0 Å². The molecule has 1 rings (SSSR count). The molecule has 0 aliphatic rings. The fourth-order valence-electron chi connectivity index (χ4n) is 2.66. The van der Waals surface area contributed by atoms with Crippen molar-refractivity contribution in [2.75, 3.05) is 20.3 Å². The van der Waals surface area contributed by atoms with Crippen LogP contribution in [-0.4, -0.2) is 31.9 Å². The molecule has 0 saturated carbocycles. The second-order valence-corrected chi connectivity index (χ2v) is 6.29. The second-order valence-electron chi connectivity index (χ2n) is 5.37. The van der Waals surface area contributed by atoms with Crippen LogP contribution in [0.2, 0.25) is 0 Å². The van der Waals surface area contributed by atoms with Crippen LogP contribution in [0.3, 0.4) is 0 Å². The molecule has 2 unspecified atom stereocenters. The van der Waals surface area contributed by atoms with Gasteiger partial charge < -0.3 is 14.8 Å². The van der Waals surface area contributed by atoms with Crippen molar-refractivity contribution >= 4 is 15.9 Å². The van der Waals surface area contributed by atoms with E-state index in [1.807, 2.05) is 12.1 Å². The highest BCUT2D eigenvalue weighted by atomic mass is 79.9. The molecule has 1 aromatic rings. The Labute approximate surface area is 137 Å². The first kappa shape index (κ1) is 18.5. The summed E-state index contributed by atoms with van der Waals surface area (Å²) in [5.74, 6) is 0.927. The van der Waals surface area contributed by atoms with Gasteiger partial charge in [-0.3, -0.25) is 0 Å². The van der Waals surface area contributed by atoms with Gasteiger partial charge in [0.15, 0.2) is 0 Å². The molecule has 3 nitrogen and oxygen atoms in total. The fraction of sp³-hybridized carbons (Fsp3) is 0.647. The summed E-state index contributed by atoms with van der Waals surface area (Å²) in [6.45, 7) is 10.2. The van der Waals surface area contributed by atoms with Crippen LogP contribution in [0.15, 0.2) is 22.7 Å². The third-order valence-electron chi connectivity index (χ3n) is 4.03. The van der Waals surface area contributed by atoms with Gasteiger partial charge in [-0.05, 0) is 57.0 Å². The van der Waals surface area contributed by atoms with Crippen molar-refractivity contribution < 1.29 is 9.47 Å². The average molecular weight is 358 g/mol. The van der Waals surface area contributed by atoms with E-state index in [2.05, 4.69) is 55.0 Å². The van der Waals surface area contributed by atoms with Gasteiger partial charge in [0.1, 0.15) is 5.75 Å². The molecule has 0 radical (unpaired) electrons. The Morgan fingerprint density at radius 1 is 1.29 bits per heavy atom.